The molecular formula is C11H13N5O3. The molecule has 1 aliphatic rings. The van der Waals surface area contributed by atoms with Crippen molar-refractivity contribution in [3.63, 3.8) is 0 Å². The second kappa shape index (κ2) is 4.90. The Morgan fingerprint density at radius 2 is 2.37 bits per heavy atom. The number of nitrogens with one attached hydrogen (secondary N) is 1. The number of hydrogen-bond acceptors (Lipinski definition) is 8. The number of nitrogens with zero attached hydrogens (tertiary/aromatic N) is 4. The van der Waals surface area contributed by atoms with E-state index in [9.17, 15) is 5.11 Å². The van der Waals surface area contributed by atoms with Gasteiger partial charge in [0, 0.05) is 12.6 Å². The third-order valence-electron chi connectivity index (χ3n) is 2.93. The molecule has 3 rings (SSSR count). The molecular weight excluding hydrogens is 250 g/mol. The molecule has 2 aromatic rings. The SMILES string of the molecule is COc1cc(-c2noc([C@H]3C[C@H](O)CN3)n2)ncn1. The summed E-state index contributed by atoms with van der Waals surface area (Å²) in [6, 6.07) is 1.52. The van der Waals surface area contributed by atoms with Crippen LogP contribution in [-0.4, -0.2) is 45.0 Å². The van der Waals surface area contributed by atoms with Crippen LogP contribution in [-0.2, 0) is 0 Å². The van der Waals surface area contributed by atoms with Gasteiger partial charge < -0.3 is 19.7 Å². The van der Waals surface area contributed by atoms with Gasteiger partial charge in [0.05, 0.1) is 19.3 Å². The van der Waals surface area contributed by atoms with Gasteiger partial charge in [0.25, 0.3) is 0 Å². The fraction of sp³-hybridized carbons (Fsp3) is 0.455. The lowest BCUT2D eigenvalue weighted by Crippen LogP contribution is -2.15. The minimum absolute atomic E-state index is 0.111. The molecule has 0 bridgehead atoms. The monoisotopic (exact) mass is 263 g/mol. The van der Waals surface area contributed by atoms with Gasteiger partial charge in [-0.1, -0.05) is 5.16 Å². The molecule has 0 spiro atoms. The summed E-state index contributed by atoms with van der Waals surface area (Å²) in [7, 11) is 1.53. The van der Waals surface area contributed by atoms with Crippen LogP contribution in [0.2, 0.25) is 0 Å². The van der Waals surface area contributed by atoms with Crippen LogP contribution in [0.25, 0.3) is 11.5 Å². The van der Waals surface area contributed by atoms with Crippen LogP contribution >= 0.6 is 0 Å². The summed E-state index contributed by atoms with van der Waals surface area (Å²) >= 11 is 0. The Morgan fingerprint density at radius 1 is 1.47 bits per heavy atom. The molecule has 8 heteroatoms. The molecule has 1 aliphatic heterocycles. The fourth-order valence-electron chi connectivity index (χ4n) is 1.96. The normalized spacial score (nSPS) is 22.6. The Kier molecular flexibility index (Phi) is 3.10. The van der Waals surface area contributed by atoms with E-state index in [0.29, 0.717) is 36.3 Å². The van der Waals surface area contributed by atoms with Crippen molar-refractivity contribution in [2.75, 3.05) is 13.7 Å². The smallest absolute Gasteiger partial charge is 0.244 e. The molecule has 3 heterocycles. The molecule has 2 atom stereocenters. The highest BCUT2D eigenvalue weighted by Gasteiger charge is 2.28. The second-order valence-corrected chi connectivity index (χ2v) is 4.25. The Labute approximate surface area is 108 Å². The fourth-order valence-corrected chi connectivity index (χ4v) is 1.96. The van der Waals surface area contributed by atoms with E-state index in [1.54, 1.807) is 6.07 Å². The van der Waals surface area contributed by atoms with Crippen LogP contribution in [0.5, 0.6) is 5.88 Å². The van der Waals surface area contributed by atoms with E-state index in [1.165, 1.54) is 13.4 Å². The minimum atomic E-state index is -0.375. The zero-order valence-electron chi connectivity index (χ0n) is 10.3. The molecule has 19 heavy (non-hydrogen) atoms. The van der Waals surface area contributed by atoms with E-state index in [1.807, 2.05) is 0 Å². The zero-order valence-corrected chi connectivity index (χ0v) is 10.3. The molecule has 0 saturated carbocycles. The Balaban J connectivity index is 1.84. The number of hydrogen-bond donors (Lipinski definition) is 2. The van der Waals surface area contributed by atoms with Gasteiger partial charge in [-0.05, 0) is 6.42 Å². The molecule has 2 N–H and O–H groups in total. The minimum Gasteiger partial charge on any atom is -0.481 e. The quantitative estimate of drug-likeness (QED) is 0.792. The summed E-state index contributed by atoms with van der Waals surface area (Å²) in [5.41, 5.74) is 0.528. The van der Waals surface area contributed by atoms with Gasteiger partial charge in [-0.3, -0.25) is 0 Å². The van der Waals surface area contributed by atoms with Crippen molar-refractivity contribution >= 4 is 0 Å². The van der Waals surface area contributed by atoms with Crippen LogP contribution < -0.4 is 10.1 Å². The number of aromatic nitrogens is 4. The third kappa shape index (κ3) is 2.40. The Bertz CT molecular complexity index is 573. The van der Waals surface area contributed by atoms with Gasteiger partial charge in [0.15, 0.2) is 0 Å². The molecule has 0 unspecified atom stereocenters. The van der Waals surface area contributed by atoms with Gasteiger partial charge in [-0.25, -0.2) is 9.97 Å². The number of aliphatic hydroxyl groups is 1. The summed E-state index contributed by atoms with van der Waals surface area (Å²) in [6.07, 6.45) is 1.57. The molecule has 100 valence electrons. The first kappa shape index (κ1) is 12.0. The van der Waals surface area contributed by atoms with Crippen molar-refractivity contribution in [3.05, 3.63) is 18.3 Å². The number of rotatable bonds is 3. The third-order valence-corrected chi connectivity index (χ3v) is 2.93. The topological polar surface area (TPSA) is 106 Å². The zero-order chi connectivity index (χ0) is 13.2. The van der Waals surface area contributed by atoms with E-state index < -0.39 is 0 Å². The van der Waals surface area contributed by atoms with Crippen molar-refractivity contribution in [2.45, 2.75) is 18.6 Å². The standard InChI is InChI=1S/C11H13N5O3/c1-18-9-3-7(13-5-14-9)10-15-11(19-16-10)8-2-6(17)4-12-8/h3,5-6,8,12,17H,2,4H2,1H3/t6-,8+/m0/s1. The van der Waals surface area contributed by atoms with Gasteiger partial charge in [0.2, 0.25) is 17.6 Å². The first-order valence-electron chi connectivity index (χ1n) is 5.87. The summed E-state index contributed by atoms with van der Waals surface area (Å²) in [5.74, 6) is 1.26. The van der Waals surface area contributed by atoms with Crippen LogP contribution in [0.4, 0.5) is 0 Å². The van der Waals surface area contributed by atoms with Crippen LogP contribution in [0.1, 0.15) is 18.4 Å². The lowest BCUT2D eigenvalue weighted by atomic mass is 10.2. The van der Waals surface area contributed by atoms with Gasteiger partial charge in [-0.2, -0.15) is 4.98 Å². The summed E-state index contributed by atoms with van der Waals surface area (Å²) in [5, 5.41) is 16.4. The number of ether oxygens (including phenoxy) is 1. The van der Waals surface area contributed by atoms with Crippen molar-refractivity contribution < 1.29 is 14.4 Å². The maximum absolute atomic E-state index is 9.46. The average Bonchev–Trinajstić information content (AvgIpc) is 3.07. The van der Waals surface area contributed by atoms with Crippen molar-refractivity contribution in [3.8, 4) is 17.4 Å². The van der Waals surface area contributed by atoms with Crippen molar-refractivity contribution in [1.82, 2.24) is 25.4 Å². The summed E-state index contributed by atoms with van der Waals surface area (Å²) in [4.78, 5) is 12.3. The predicted molar refractivity (Wildman–Crippen MR) is 63.2 cm³/mol. The predicted octanol–water partition coefficient (Wildman–Crippen LogP) is -0.0695. The van der Waals surface area contributed by atoms with E-state index in [2.05, 4.69) is 25.4 Å². The van der Waals surface area contributed by atoms with Gasteiger partial charge in [0.1, 0.15) is 12.0 Å². The number of aliphatic hydroxyl groups excluding tert-OH is 1. The maximum Gasteiger partial charge on any atom is 0.244 e. The highest BCUT2D eigenvalue weighted by Crippen LogP contribution is 2.24. The largest absolute Gasteiger partial charge is 0.481 e. The Morgan fingerprint density at radius 3 is 3.11 bits per heavy atom. The van der Waals surface area contributed by atoms with E-state index in [4.69, 9.17) is 9.26 Å². The number of methoxy groups -OCH3 is 1. The Hall–Kier alpha value is -2.06. The maximum atomic E-state index is 9.46. The van der Waals surface area contributed by atoms with Crippen LogP contribution in [0.3, 0.4) is 0 Å². The van der Waals surface area contributed by atoms with Crippen molar-refractivity contribution in [1.29, 1.82) is 0 Å². The van der Waals surface area contributed by atoms with E-state index in [-0.39, 0.29) is 12.1 Å². The molecule has 8 nitrogen and oxygen atoms in total. The second-order valence-electron chi connectivity index (χ2n) is 4.25. The molecule has 0 aliphatic carbocycles. The van der Waals surface area contributed by atoms with E-state index in [0.717, 1.165) is 0 Å². The van der Waals surface area contributed by atoms with Gasteiger partial charge >= 0.3 is 0 Å². The van der Waals surface area contributed by atoms with Crippen LogP contribution in [0.15, 0.2) is 16.9 Å². The lowest BCUT2D eigenvalue weighted by molar-refractivity contribution is 0.191. The average molecular weight is 263 g/mol. The molecule has 2 aromatic heterocycles. The van der Waals surface area contributed by atoms with Crippen molar-refractivity contribution in [2.24, 2.45) is 0 Å². The highest BCUT2D eigenvalue weighted by atomic mass is 16.5. The van der Waals surface area contributed by atoms with Crippen LogP contribution in [0, 0.1) is 0 Å². The van der Waals surface area contributed by atoms with Gasteiger partial charge in [-0.15, -0.1) is 0 Å². The molecule has 0 radical (unpaired) electrons. The first-order chi connectivity index (χ1) is 9.26. The highest BCUT2D eigenvalue weighted by molar-refractivity contribution is 5.49. The molecule has 1 saturated heterocycles. The lowest BCUT2D eigenvalue weighted by Gasteiger charge is -2.01. The molecule has 0 amide bonds. The first-order valence-corrected chi connectivity index (χ1v) is 5.87. The molecule has 1 fully saturated rings. The van der Waals surface area contributed by atoms with E-state index >= 15 is 0 Å². The summed E-state index contributed by atoms with van der Waals surface area (Å²) in [6.45, 7) is 0.531. The molecule has 0 aromatic carbocycles. The number of β-amino-alcohol motifs (C(OH)–C–C–N with tert-alkyl or cyclic N) is 1. The summed E-state index contributed by atoms with van der Waals surface area (Å²) < 4.78 is 10.2.